The lowest BCUT2D eigenvalue weighted by Gasteiger charge is -2.21. The maximum absolute atomic E-state index is 9.85. The first-order valence-corrected chi connectivity index (χ1v) is 7.51. The van der Waals surface area contributed by atoms with Crippen molar-refractivity contribution < 1.29 is 19.7 Å². The van der Waals surface area contributed by atoms with Gasteiger partial charge in [-0.1, -0.05) is 6.42 Å². The molecule has 5 heteroatoms. The van der Waals surface area contributed by atoms with Crippen LogP contribution in [0.4, 0.5) is 0 Å². The third-order valence-electron chi connectivity index (χ3n) is 4.15. The molecular formula is C14H27NO4. The van der Waals surface area contributed by atoms with E-state index in [1.54, 1.807) is 0 Å². The van der Waals surface area contributed by atoms with E-state index >= 15 is 0 Å². The lowest BCUT2D eigenvalue weighted by molar-refractivity contribution is -0.0173. The predicted molar refractivity (Wildman–Crippen MR) is 72.0 cm³/mol. The van der Waals surface area contributed by atoms with Crippen molar-refractivity contribution in [3.8, 4) is 0 Å². The number of aliphatic hydroxyl groups excluding tert-OH is 2. The Bertz CT molecular complexity index is 246. The second-order valence-corrected chi connectivity index (χ2v) is 5.71. The number of aliphatic hydroxyl groups is 2. The summed E-state index contributed by atoms with van der Waals surface area (Å²) in [6.07, 6.45) is 5.25. The zero-order valence-electron chi connectivity index (χ0n) is 11.6. The molecule has 19 heavy (non-hydrogen) atoms. The number of hydrogen-bond donors (Lipinski definition) is 3. The van der Waals surface area contributed by atoms with Gasteiger partial charge in [0.1, 0.15) is 0 Å². The van der Waals surface area contributed by atoms with Gasteiger partial charge in [0.05, 0.1) is 25.4 Å². The van der Waals surface area contributed by atoms with E-state index in [1.165, 1.54) is 0 Å². The smallest absolute Gasteiger partial charge is 0.0897 e. The van der Waals surface area contributed by atoms with Gasteiger partial charge in [0.2, 0.25) is 0 Å². The first-order valence-electron chi connectivity index (χ1n) is 7.51. The minimum atomic E-state index is -0.485. The van der Waals surface area contributed by atoms with Crippen LogP contribution in [0.5, 0.6) is 0 Å². The molecule has 1 saturated heterocycles. The molecule has 4 atom stereocenters. The van der Waals surface area contributed by atoms with Crippen molar-refractivity contribution in [1.82, 2.24) is 5.32 Å². The summed E-state index contributed by atoms with van der Waals surface area (Å²) >= 11 is 0. The van der Waals surface area contributed by atoms with Crippen molar-refractivity contribution in [2.75, 3.05) is 33.0 Å². The summed E-state index contributed by atoms with van der Waals surface area (Å²) in [5.41, 5.74) is 0. The van der Waals surface area contributed by atoms with Crippen LogP contribution in [0.1, 0.15) is 32.1 Å². The molecule has 0 radical (unpaired) electrons. The Morgan fingerprint density at radius 2 is 2.16 bits per heavy atom. The van der Waals surface area contributed by atoms with Gasteiger partial charge in [-0.2, -0.15) is 0 Å². The van der Waals surface area contributed by atoms with E-state index in [0.717, 1.165) is 38.7 Å². The van der Waals surface area contributed by atoms with E-state index in [-0.39, 0.29) is 12.7 Å². The van der Waals surface area contributed by atoms with Gasteiger partial charge in [0.15, 0.2) is 0 Å². The van der Waals surface area contributed by atoms with Gasteiger partial charge in [-0.05, 0) is 31.6 Å². The van der Waals surface area contributed by atoms with Gasteiger partial charge < -0.3 is 25.0 Å². The average molecular weight is 273 g/mol. The maximum atomic E-state index is 9.85. The summed E-state index contributed by atoms with van der Waals surface area (Å²) in [7, 11) is 0. The highest BCUT2D eigenvalue weighted by Gasteiger charge is 2.26. The average Bonchev–Trinajstić information content (AvgIpc) is 3.07. The second-order valence-electron chi connectivity index (χ2n) is 5.71. The highest BCUT2D eigenvalue weighted by molar-refractivity contribution is 4.83. The summed E-state index contributed by atoms with van der Waals surface area (Å²) in [4.78, 5) is 0. The molecule has 0 aromatic heterocycles. The highest BCUT2D eigenvalue weighted by Crippen LogP contribution is 2.24. The molecule has 1 heterocycles. The number of hydrogen-bond acceptors (Lipinski definition) is 5. The first kappa shape index (κ1) is 15.2. The molecule has 4 unspecified atom stereocenters. The standard InChI is InChI=1S/C14H27NO4/c16-8-11-3-1-5-14(11)15-7-12(17)9-18-10-13-4-2-6-19-13/h11-17H,1-10H2. The van der Waals surface area contributed by atoms with Crippen LogP contribution in [-0.4, -0.2) is 61.4 Å². The second kappa shape index (κ2) is 8.17. The molecule has 5 nitrogen and oxygen atoms in total. The molecule has 1 aliphatic carbocycles. The molecule has 1 aliphatic heterocycles. The summed E-state index contributed by atoms with van der Waals surface area (Å²) in [6.45, 7) is 2.54. The molecule has 112 valence electrons. The largest absolute Gasteiger partial charge is 0.396 e. The Hall–Kier alpha value is -0.200. The molecule has 0 aromatic carbocycles. The van der Waals surface area contributed by atoms with Crippen molar-refractivity contribution in [2.24, 2.45) is 5.92 Å². The van der Waals surface area contributed by atoms with E-state index in [4.69, 9.17) is 9.47 Å². The zero-order chi connectivity index (χ0) is 13.5. The van der Waals surface area contributed by atoms with Crippen molar-refractivity contribution in [1.29, 1.82) is 0 Å². The Labute approximate surface area is 115 Å². The summed E-state index contributed by atoms with van der Waals surface area (Å²) in [6, 6.07) is 0.345. The minimum Gasteiger partial charge on any atom is -0.396 e. The fourth-order valence-corrected chi connectivity index (χ4v) is 2.98. The van der Waals surface area contributed by atoms with E-state index in [0.29, 0.717) is 31.7 Å². The summed E-state index contributed by atoms with van der Waals surface area (Å²) < 4.78 is 10.9. The lowest BCUT2D eigenvalue weighted by atomic mass is 10.1. The molecule has 2 fully saturated rings. The fourth-order valence-electron chi connectivity index (χ4n) is 2.98. The van der Waals surface area contributed by atoms with Crippen LogP contribution in [0.3, 0.4) is 0 Å². The van der Waals surface area contributed by atoms with Crippen LogP contribution in [0.15, 0.2) is 0 Å². The molecule has 2 aliphatic rings. The SMILES string of the molecule is OCC1CCCC1NCC(O)COCC1CCCO1. The van der Waals surface area contributed by atoms with Gasteiger partial charge in [-0.3, -0.25) is 0 Å². The van der Waals surface area contributed by atoms with Gasteiger partial charge in [0.25, 0.3) is 0 Å². The molecular weight excluding hydrogens is 246 g/mol. The number of ether oxygens (including phenoxy) is 2. The zero-order valence-corrected chi connectivity index (χ0v) is 11.6. The van der Waals surface area contributed by atoms with Crippen LogP contribution in [0, 0.1) is 5.92 Å². The van der Waals surface area contributed by atoms with E-state index in [1.807, 2.05) is 0 Å². The monoisotopic (exact) mass is 273 g/mol. The Balaban J connectivity index is 1.52. The van der Waals surface area contributed by atoms with Crippen LogP contribution in [0.25, 0.3) is 0 Å². The normalized spacial score (nSPS) is 32.8. The fraction of sp³-hybridized carbons (Fsp3) is 1.00. The van der Waals surface area contributed by atoms with Crippen LogP contribution in [-0.2, 0) is 9.47 Å². The molecule has 0 amide bonds. The molecule has 0 spiro atoms. The van der Waals surface area contributed by atoms with Crippen molar-refractivity contribution >= 4 is 0 Å². The lowest BCUT2D eigenvalue weighted by Crippen LogP contribution is -2.40. The van der Waals surface area contributed by atoms with Crippen molar-refractivity contribution in [3.63, 3.8) is 0 Å². The van der Waals surface area contributed by atoms with Crippen LogP contribution >= 0.6 is 0 Å². The van der Waals surface area contributed by atoms with Crippen molar-refractivity contribution in [3.05, 3.63) is 0 Å². The Kier molecular flexibility index (Phi) is 6.53. The van der Waals surface area contributed by atoms with E-state index < -0.39 is 6.10 Å². The predicted octanol–water partition coefficient (Wildman–Crippen LogP) is 0.294. The Morgan fingerprint density at radius 1 is 1.26 bits per heavy atom. The summed E-state index contributed by atoms with van der Waals surface area (Å²) in [5.74, 6) is 0.347. The molecule has 1 saturated carbocycles. The topological polar surface area (TPSA) is 71.0 Å². The van der Waals surface area contributed by atoms with Crippen molar-refractivity contribution in [2.45, 2.75) is 50.4 Å². The minimum absolute atomic E-state index is 0.216. The third-order valence-corrected chi connectivity index (χ3v) is 4.15. The number of nitrogens with one attached hydrogen (secondary N) is 1. The quantitative estimate of drug-likeness (QED) is 0.593. The van der Waals surface area contributed by atoms with Gasteiger partial charge in [-0.15, -0.1) is 0 Å². The van der Waals surface area contributed by atoms with E-state index in [2.05, 4.69) is 5.32 Å². The van der Waals surface area contributed by atoms with Crippen LogP contribution < -0.4 is 5.32 Å². The number of rotatable bonds is 8. The van der Waals surface area contributed by atoms with Gasteiger partial charge in [0, 0.05) is 25.8 Å². The highest BCUT2D eigenvalue weighted by atomic mass is 16.5. The molecule has 0 bridgehead atoms. The molecule has 2 rings (SSSR count). The molecule has 0 aromatic rings. The van der Waals surface area contributed by atoms with Gasteiger partial charge in [-0.25, -0.2) is 0 Å². The summed E-state index contributed by atoms with van der Waals surface area (Å²) in [5, 5.41) is 22.4. The maximum Gasteiger partial charge on any atom is 0.0897 e. The molecule has 3 N–H and O–H groups in total. The third kappa shape index (κ3) is 5.00. The first-order chi connectivity index (χ1) is 9.29. The van der Waals surface area contributed by atoms with Crippen LogP contribution in [0.2, 0.25) is 0 Å². The van der Waals surface area contributed by atoms with Gasteiger partial charge >= 0.3 is 0 Å². The Morgan fingerprint density at radius 3 is 2.89 bits per heavy atom. The van der Waals surface area contributed by atoms with E-state index in [9.17, 15) is 10.2 Å².